The minimum atomic E-state index is -0.352. The molecule has 1 aromatic carbocycles. The number of benzene rings is 1. The first kappa shape index (κ1) is 16.8. The molecule has 4 heteroatoms. The second-order valence-corrected chi connectivity index (χ2v) is 6.55. The topological polar surface area (TPSA) is 12.0 Å². The number of thioether (sulfide) groups is 1. The Hall–Kier alpha value is -0.250. The lowest BCUT2D eigenvalue weighted by molar-refractivity contribution is 0.458. The van der Waals surface area contributed by atoms with Crippen molar-refractivity contribution in [2.45, 2.75) is 44.4 Å². The maximum absolute atomic E-state index is 13.4. The first-order valence-corrected chi connectivity index (χ1v) is 8.31. The molecule has 0 saturated carbocycles. The third-order valence-corrected chi connectivity index (χ3v) is 5.79. The van der Waals surface area contributed by atoms with Crippen molar-refractivity contribution in [2.24, 2.45) is 0 Å². The summed E-state index contributed by atoms with van der Waals surface area (Å²) >= 11 is 7.61. The fourth-order valence-corrected chi connectivity index (χ4v) is 3.02. The van der Waals surface area contributed by atoms with Crippen molar-refractivity contribution in [1.29, 1.82) is 0 Å². The van der Waals surface area contributed by atoms with E-state index >= 15 is 0 Å². The van der Waals surface area contributed by atoms with Gasteiger partial charge in [-0.3, -0.25) is 0 Å². The standard InChI is InChI=1S/C15H23ClFNS/c1-5-15(6-2,19-4)10-18-11(3)12-7-8-13(16)14(17)9-12/h7-9,11,18H,5-6,10H2,1-4H3. The number of rotatable bonds is 7. The smallest absolute Gasteiger partial charge is 0.142 e. The Bertz CT molecular complexity index is 399. The van der Waals surface area contributed by atoms with E-state index in [-0.39, 0.29) is 21.6 Å². The van der Waals surface area contributed by atoms with Gasteiger partial charge in [-0.05, 0) is 43.7 Å². The molecule has 0 aliphatic rings. The van der Waals surface area contributed by atoms with E-state index in [1.165, 1.54) is 6.07 Å². The lowest BCUT2D eigenvalue weighted by atomic mass is 10.0. The first-order chi connectivity index (χ1) is 8.98. The minimum absolute atomic E-state index is 0.122. The third-order valence-electron chi connectivity index (χ3n) is 3.90. The molecule has 1 atom stereocenters. The van der Waals surface area contributed by atoms with Gasteiger partial charge < -0.3 is 5.32 Å². The second kappa shape index (κ2) is 7.51. The van der Waals surface area contributed by atoms with E-state index < -0.39 is 0 Å². The van der Waals surface area contributed by atoms with Crippen LogP contribution in [0.5, 0.6) is 0 Å². The van der Waals surface area contributed by atoms with Crippen molar-refractivity contribution in [2.75, 3.05) is 12.8 Å². The highest BCUT2D eigenvalue weighted by Gasteiger charge is 2.25. The van der Waals surface area contributed by atoms with E-state index in [0.717, 1.165) is 24.9 Å². The molecule has 1 N–H and O–H groups in total. The van der Waals surface area contributed by atoms with Crippen LogP contribution in [-0.2, 0) is 0 Å². The van der Waals surface area contributed by atoms with Crippen molar-refractivity contribution in [1.82, 2.24) is 5.32 Å². The molecular formula is C15H23ClFNS. The summed E-state index contributed by atoms with van der Waals surface area (Å²) < 4.78 is 13.7. The highest BCUT2D eigenvalue weighted by atomic mass is 35.5. The molecule has 0 saturated heterocycles. The van der Waals surface area contributed by atoms with Crippen LogP contribution in [0.1, 0.15) is 45.2 Å². The number of nitrogens with one attached hydrogen (secondary N) is 1. The molecule has 19 heavy (non-hydrogen) atoms. The largest absolute Gasteiger partial charge is 0.309 e. The Labute approximate surface area is 125 Å². The number of hydrogen-bond donors (Lipinski definition) is 1. The van der Waals surface area contributed by atoms with Crippen molar-refractivity contribution >= 4 is 23.4 Å². The van der Waals surface area contributed by atoms with E-state index in [1.807, 2.05) is 17.8 Å². The maximum Gasteiger partial charge on any atom is 0.142 e. The quantitative estimate of drug-likeness (QED) is 0.756. The van der Waals surface area contributed by atoms with Crippen molar-refractivity contribution in [3.63, 3.8) is 0 Å². The van der Waals surface area contributed by atoms with E-state index in [2.05, 4.69) is 32.3 Å². The molecular weight excluding hydrogens is 281 g/mol. The molecule has 0 aromatic heterocycles. The number of hydrogen-bond acceptors (Lipinski definition) is 2. The van der Waals surface area contributed by atoms with Gasteiger partial charge in [0.2, 0.25) is 0 Å². The van der Waals surface area contributed by atoms with Gasteiger partial charge in [0.25, 0.3) is 0 Å². The highest BCUT2D eigenvalue weighted by Crippen LogP contribution is 2.30. The molecule has 0 bridgehead atoms. The molecule has 0 spiro atoms. The SMILES string of the molecule is CCC(CC)(CNC(C)c1ccc(Cl)c(F)c1)SC. The van der Waals surface area contributed by atoms with Gasteiger partial charge in [0.1, 0.15) is 5.82 Å². The van der Waals surface area contributed by atoms with Gasteiger partial charge in [-0.1, -0.05) is 31.5 Å². The van der Waals surface area contributed by atoms with Crippen LogP contribution in [0.3, 0.4) is 0 Å². The monoisotopic (exact) mass is 303 g/mol. The van der Waals surface area contributed by atoms with Gasteiger partial charge in [0.05, 0.1) is 5.02 Å². The summed E-state index contributed by atoms with van der Waals surface area (Å²) in [5, 5.41) is 3.69. The molecule has 1 nitrogen and oxygen atoms in total. The van der Waals surface area contributed by atoms with Crippen molar-refractivity contribution in [3.8, 4) is 0 Å². The molecule has 0 aliphatic carbocycles. The average molecular weight is 304 g/mol. The predicted octanol–water partition coefficient (Wildman–Crippen LogP) is 5.05. The van der Waals surface area contributed by atoms with Gasteiger partial charge in [0.15, 0.2) is 0 Å². The van der Waals surface area contributed by atoms with Crippen LogP contribution >= 0.6 is 23.4 Å². The Morgan fingerprint density at radius 2 is 2.00 bits per heavy atom. The van der Waals surface area contributed by atoms with Gasteiger partial charge in [-0.25, -0.2) is 4.39 Å². The minimum Gasteiger partial charge on any atom is -0.309 e. The Morgan fingerprint density at radius 3 is 2.47 bits per heavy atom. The fraction of sp³-hybridized carbons (Fsp3) is 0.600. The molecule has 1 unspecified atom stereocenters. The summed E-state index contributed by atoms with van der Waals surface area (Å²) in [4.78, 5) is 0. The maximum atomic E-state index is 13.4. The lowest BCUT2D eigenvalue weighted by Crippen LogP contribution is -2.37. The van der Waals surface area contributed by atoms with Crippen LogP contribution in [0.15, 0.2) is 18.2 Å². The average Bonchev–Trinajstić information content (AvgIpc) is 2.43. The summed E-state index contributed by atoms with van der Waals surface area (Å²) in [6.45, 7) is 7.41. The van der Waals surface area contributed by atoms with Crippen molar-refractivity contribution < 1.29 is 4.39 Å². The summed E-state index contributed by atoms with van der Waals surface area (Å²) in [6.07, 6.45) is 4.40. The van der Waals surface area contributed by atoms with Gasteiger partial charge in [-0.2, -0.15) is 11.8 Å². The molecule has 1 rings (SSSR count). The molecule has 0 amide bonds. The Balaban J connectivity index is 2.69. The summed E-state index contributed by atoms with van der Waals surface area (Å²) in [5.41, 5.74) is 0.934. The summed E-state index contributed by atoms with van der Waals surface area (Å²) in [6, 6.07) is 5.13. The molecule has 0 radical (unpaired) electrons. The molecule has 0 aliphatic heterocycles. The number of halogens is 2. The van der Waals surface area contributed by atoms with Gasteiger partial charge in [-0.15, -0.1) is 0 Å². The van der Waals surface area contributed by atoms with E-state index in [1.54, 1.807) is 6.07 Å². The highest BCUT2D eigenvalue weighted by molar-refractivity contribution is 8.00. The van der Waals surface area contributed by atoms with Crippen molar-refractivity contribution in [3.05, 3.63) is 34.6 Å². The molecule has 0 fully saturated rings. The zero-order valence-electron chi connectivity index (χ0n) is 12.1. The van der Waals surface area contributed by atoms with Crippen LogP contribution < -0.4 is 5.32 Å². The van der Waals surface area contributed by atoms with E-state index in [0.29, 0.717) is 0 Å². The van der Waals surface area contributed by atoms with Gasteiger partial charge >= 0.3 is 0 Å². The van der Waals surface area contributed by atoms with Crippen LogP contribution in [0, 0.1) is 5.82 Å². The zero-order chi connectivity index (χ0) is 14.5. The van der Waals surface area contributed by atoms with Crippen LogP contribution in [-0.4, -0.2) is 17.5 Å². The Morgan fingerprint density at radius 1 is 1.37 bits per heavy atom. The Kier molecular flexibility index (Phi) is 6.64. The lowest BCUT2D eigenvalue weighted by Gasteiger charge is -2.31. The second-order valence-electron chi connectivity index (χ2n) is 4.87. The zero-order valence-corrected chi connectivity index (χ0v) is 13.7. The summed E-state index contributed by atoms with van der Waals surface area (Å²) in [7, 11) is 0. The van der Waals surface area contributed by atoms with Crippen LogP contribution in [0.25, 0.3) is 0 Å². The normalized spacial score (nSPS) is 13.6. The van der Waals surface area contributed by atoms with Crippen LogP contribution in [0.2, 0.25) is 5.02 Å². The third kappa shape index (κ3) is 4.37. The fourth-order valence-electron chi connectivity index (χ4n) is 2.10. The van der Waals surface area contributed by atoms with E-state index in [9.17, 15) is 4.39 Å². The summed E-state index contributed by atoms with van der Waals surface area (Å²) in [5.74, 6) is -0.352. The first-order valence-electron chi connectivity index (χ1n) is 6.71. The van der Waals surface area contributed by atoms with E-state index in [4.69, 9.17) is 11.6 Å². The predicted molar refractivity (Wildman–Crippen MR) is 84.7 cm³/mol. The molecule has 1 aromatic rings. The molecule has 108 valence electrons. The molecule has 0 heterocycles. The van der Waals surface area contributed by atoms with Crippen LogP contribution in [0.4, 0.5) is 4.39 Å². The van der Waals surface area contributed by atoms with Gasteiger partial charge in [0, 0.05) is 17.3 Å².